The molecule has 5 nitrogen and oxygen atoms in total. The molecule has 0 aromatic heterocycles. The molecular formula is C24H30N2O3. The second kappa shape index (κ2) is 8.56. The van der Waals surface area contributed by atoms with Gasteiger partial charge in [0.2, 0.25) is 0 Å². The van der Waals surface area contributed by atoms with Crippen LogP contribution < -0.4 is 9.64 Å². The summed E-state index contributed by atoms with van der Waals surface area (Å²) < 4.78 is 12.1. The number of ether oxygens (including phenoxy) is 2. The standard InChI is InChI=1S/C24H30N2O3/c1-19(2)29-22-11-7-6-8-20(22)16-25-14-12-24(13-15-25)18-26(23(27)17-28-24)21-9-4-3-5-10-21/h3-11,19H,12-18H2,1-2H3. The van der Waals surface area contributed by atoms with Crippen LogP contribution >= 0.6 is 0 Å². The van der Waals surface area contributed by atoms with E-state index in [2.05, 4.69) is 30.9 Å². The number of nitrogens with zero attached hydrogens (tertiary/aromatic N) is 2. The topological polar surface area (TPSA) is 42.0 Å². The van der Waals surface area contributed by atoms with Gasteiger partial charge in [0.1, 0.15) is 12.4 Å². The minimum atomic E-state index is -0.242. The fraction of sp³-hybridized carbons (Fsp3) is 0.458. The molecule has 2 heterocycles. The summed E-state index contributed by atoms with van der Waals surface area (Å²) in [6, 6.07) is 18.2. The zero-order chi connectivity index (χ0) is 20.3. The lowest BCUT2D eigenvalue weighted by Crippen LogP contribution is -2.58. The minimum absolute atomic E-state index is 0.0454. The number of anilines is 1. The first-order valence-electron chi connectivity index (χ1n) is 10.5. The van der Waals surface area contributed by atoms with Crippen LogP contribution in [0.4, 0.5) is 5.69 Å². The molecule has 1 spiro atoms. The summed E-state index contributed by atoms with van der Waals surface area (Å²) >= 11 is 0. The molecular weight excluding hydrogens is 364 g/mol. The van der Waals surface area contributed by atoms with E-state index >= 15 is 0 Å². The Morgan fingerprint density at radius 1 is 1.03 bits per heavy atom. The lowest BCUT2D eigenvalue weighted by atomic mass is 9.88. The van der Waals surface area contributed by atoms with Crippen LogP contribution in [-0.2, 0) is 16.1 Å². The molecule has 2 aliphatic rings. The molecule has 4 rings (SSSR count). The summed E-state index contributed by atoms with van der Waals surface area (Å²) in [6.45, 7) is 7.69. The van der Waals surface area contributed by atoms with E-state index in [1.54, 1.807) is 0 Å². The van der Waals surface area contributed by atoms with Crippen LogP contribution in [0.1, 0.15) is 32.3 Å². The molecule has 2 saturated heterocycles. The molecule has 0 atom stereocenters. The van der Waals surface area contributed by atoms with E-state index in [9.17, 15) is 4.79 Å². The van der Waals surface area contributed by atoms with E-state index in [0.717, 1.165) is 43.9 Å². The highest BCUT2D eigenvalue weighted by molar-refractivity contribution is 5.95. The predicted octanol–water partition coefficient (Wildman–Crippen LogP) is 3.87. The van der Waals surface area contributed by atoms with Crippen molar-refractivity contribution in [2.24, 2.45) is 0 Å². The van der Waals surface area contributed by atoms with Crippen molar-refractivity contribution in [2.75, 3.05) is 31.1 Å². The van der Waals surface area contributed by atoms with E-state index in [0.29, 0.717) is 6.54 Å². The van der Waals surface area contributed by atoms with Crippen LogP contribution in [0, 0.1) is 0 Å². The first kappa shape index (κ1) is 19.9. The normalized spacial score (nSPS) is 19.7. The molecule has 0 N–H and O–H groups in total. The predicted molar refractivity (Wildman–Crippen MR) is 114 cm³/mol. The van der Waals surface area contributed by atoms with E-state index < -0.39 is 0 Å². The fourth-order valence-electron chi connectivity index (χ4n) is 4.22. The van der Waals surface area contributed by atoms with Crippen molar-refractivity contribution in [3.63, 3.8) is 0 Å². The first-order chi connectivity index (χ1) is 14.0. The molecule has 2 aromatic rings. The Morgan fingerprint density at radius 2 is 1.72 bits per heavy atom. The quantitative estimate of drug-likeness (QED) is 0.772. The number of hydrogen-bond acceptors (Lipinski definition) is 4. The molecule has 0 radical (unpaired) electrons. The zero-order valence-corrected chi connectivity index (χ0v) is 17.3. The second-order valence-electron chi connectivity index (χ2n) is 8.34. The van der Waals surface area contributed by atoms with Gasteiger partial charge < -0.3 is 14.4 Å². The summed E-state index contributed by atoms with van der Waals surface area (Å²) in [5, 5.41) is 0. The minimum Gasteiger partial charge on any atom is -0.491 e. The van der Waals surface area contributed by atoms with Gasteiger partial charge in [-0.15, -0.1) is 0 Å². The van der Waals surface area contributed by atoms with Gasteiger partial charge >= 0.3 is 0 Å². The average Bonchev–Trinajstić information content (AvgIpc) is 2.73. The first-order valence-corrected chi connectivity index (χ1v) is 10.5. The molecule has 5 heteroatoms. The number of carbonyl (C=O) groups excluding carboxylic acids is 1. The van der Waals surface area contributed by atoms with Gasteiger partial charge in [0.15, 0.2) is 0 Å². The summed E-state index contributed by atoms with van der Waals surface area (Å²) in [6.07, 6.45) is 2.02. The highest BCUT2D eigenvalue weighted by Crippen LogP contribution is 2.33. The fourth-order valence-corrected chi connectivity index (χ4v) is 4.22. The number of para-hydroxylation sites is 2. The van der Waals surface area contributed by atoms with Crippen molar-refractivity contribution in [1.29, 1.82) is 0 Å². The van der Waals surface area contributed by atoms with Gasteiger partial charge in [-0.3, -0.25) is 9.69 Å². The van der Waals surface area contributed by atoms with Crippen molar-refractivity contribution in [2.45, 2.75) is 44.9 Å². The molecule has 2 aromatic carbocycles. The monoisotopic (exact) mass is 394 g/mol. The van der Waals surface area contributed by atoms with Gasteiger partial charge in [-0.1, -0.05) is 36.4 Å². The zero-order valence-electron chi connectivity index (χ0n) is 17.3. The molecule has 0 aliphatic carbocycles. The van der Waals surface area contributed by atoms with Gasteiger partial charge in [-0.05, 0) is 44.9 Å². The van der Waals surface area contributed by atoms with Crippen molar-refractivity contribution in [1.82, 2.24) is 4.90 Å². The Bertz CT molecular complexity index is 829. The summed E-state index contributed by atoms with van der Waals surface area (Å²) in [4.78, 5) is 16.8. The van der Waals surface area contributed by atoms with Crippen LogP contribution in [0.25, 0.3) is 0 Å². The number of hydrogen-bond donors (Lipinski definition) is 0. The number of rotatable bonds is 5. The lowest BCUT2D eigenvalue weighted by Gasteiger charge is -2.47. The van der Waals surface area contributed by atoms with Crippen LogP contribution in [0.3, 0.4) is 0 Å². The molecule has 29 heavy (non-hydrogen) atoms. The molecule has 154 valence electrons. The summed E-state index contributed by atoms with van der Waals surface area (Å²) in [5.74, 6) is 1.02. The Kier molecular flexibility index (Phi) is 5.88. The van der Waals surface area contributed by atoms with E-state index in [1.165, 1.54) is 5.56 Å². The van der Waals surface area contributed by atoms with Crippen molar-refractivity contribution >= 4 is 11.6 Å². The second-order valence-corrected chi connectivity index (χ2v) is 8.34. The van der Waals surface area contributed by atoms with Gasteiger partial charge in [-0.2, -0.15) is 0 Å². The van der Waals surface area contributed by atoms with Crippen LogP contribution in [0.5, 0.6) is 5.75 Å². The molecule has 1 amide bonds. The smallest absolute Gasteiger partial charge is 0.253 e. The largest absolute Gasteiger partial charge is 0.491 e. The molecule has 0 unspecified atom stereocenters. The van der Waals surface area contributed by atoms with Crippen LogP contribution in [0.15, 0.2) is 54.6 Å². The highest BCUT2D eigenvalue weighted by Gasteiger charge is 2.42. The maximum absolute atomic E-state index is 12.4. The molecule has 2 aliphatic heterocycles. The number of piperidine rings is 1. The van der Waals surface area contributed by atoms with E-state index in [4.69, 9.17) is 9.47 Å². The third-order valence-electron chi connectivity index (χ3n) is 5.81. The number of likely N-dealkylation sites (tertiary alicyclic amines) is 1. The van der Waals surface area contributed by atoms with Crippen molar-refractivity contribution in [3.8, 4) is 5.75 Å². The Balaban J connectivity index is 1.40. The Labute approximate surface area is 173 Å². The lowest BCUT2D eigenvalue weighted by molar-refractivity contribution is -0.145. The van der Waals surface area contributed by atoms with Crippen LogP contribution in [-0.4, -0.2) is 48.8 Å². The van der Waals surface area contributed by atoms with Gasteiger partial charge in [0.25, 0.3) is 5.91 Å². The van der Waals surface area contributed by atoms with E-state index in [-0.39, 0.29) is 24.2 Å². The van der Waals surface area contributed by atoms with Gasteiger partial charge in [-0.25, -0.2) is 0 Å². The molecule has 2 fully saturated rings. The summed E-state index contributed by atoms with van der Waals surface area (Å²) in [7, 11) is 0. The number of morpholine rings is 1. The molecule has 0 bridgehead atoms. The van der Waals surface area contributed by atoms with Crippen molar-refractivity contribution in [3.05, 3.63) is 60.2 Å². The van der Waals surface area contributed by atoms with E-state index in [1.807, 2.05) is 47.4 Å². The molecule has 0 saturated carbocycles. The number of amides is 1. The maximum Gasteiger partial charge on any atom is 0.253 e. The third-order valence-corrected chi connectivity index (χ3v) is 5.81. The Hall–Kier alpha value is -2.37. The highest BCUT2D eigenvalue weighted by atomic mass is 16.5. The summed E-state index contributed by atoms with van der Waals surface area (Å²) in [5.41, 5.74) is 1.94. The maximum atomic E-state index is 12.4. The number of benzene rings is 2. The third kappa shape index (κ3) is 4.62. The van der Waals surface area contributed by atoms with Crippen molar-refractivity contribution < 1.29 is 14.3 Å². The Morgan fingerprint density at radius 3 is 2.45 bits per heavy atom. The SMILES string of the molecule is CC(C)Oc1ccccc1CN1CCC2(CC1)CN(c1ccccc1)C(=O)CO2. The average molecular weight is 395 g/mol. The van der Waals surface area contributed by atoms with Gasteiger partial charge in [0, 0.05) is 30.9 Å². The number of carbonyl (C=O) groups is 1. The van der Waals surface area contributed by atoms with Crippen LogP contribution in [0.2, 0.25) is 0 Å². The van der Waals surface area contributed by atoms with Gasteiger partial charge in [0.05, 0.1) is 18.2 Å².